The van der Waals surface area contributed by atoms with Gasteiger partial charge in [0.1, 0.15) is 0 Å². The Labute approximate surface area is 99.4 Å². The zero-order valence-electron chi connectivity index (χ0n) is 9.10. The summed E-state index contributed by atoms with van der Waals surface area (Å²) in [5.74, 6) is 0. The number of rotatable bonds is 3. The van der Waals surface area contributed by atoms with E-state index in [2.05, 4.69) is 24.0 Å². The quantitative estimate of drug-likeness (QED) is 0.801. The summed E-state index contributed by atoms with van der Waals surface area (Å²) in [4.78, 5) is 2.95. The highest BCUT2D eigenvalue weighted by molar-refractivity contribution is 7.71. The molecule has 0 saturated heterocycles. The molecule has 2 N–H and O–H groups in total. The van der Waals surface area contributed by atoms with E-state index in [1.165, 1.54) is 11.1 Å². The van der Waals surface area contributed by atoms with Gasteiger partial charge in [-0.1, -0.05) is 24.3 Å². The molecule has 0 aliphatic carbocycles. The van der Waals surface area contributed by atoms with E-state index in [0.717, 1.165) is 5.69 Å². The average molecular weight is 234 g/mol. The maximum atomic E-state index is 9.19. The summed E-state index contributed by atoms with van der Waals surface area (Å²) < 4.78 is 2.56. The number of aromatic amines is 1. The van der Waals surface area contributed by atoms with Crippen LogP contribution >= 0.6 is 12.2 Å². The predicted octanol–water partition coefficient (Wildman–Crippen LogP) is 2.39. The average Bonchev–Trinajstić information content (AvgIpc) is 2.63. The van der Waals surface area contributed by atoms with Crippen molar-refractivity contribution < 1.29 is 5.11 Å². The fourth-order valence-corrected chi connectivity index (χ4v) is 1.93. The van der Waals surface area contributed by atoms with Crippen LogP contribution < -0.4 is 0 Å². The molecular formula is C12H14N2OS. The van der Waals surface area contributed by atoms with Gasteiger partial charge in [0.15, 0.2) is 4.77 Å². The van der Waals surface area contributed by atoms with Crippen LogP contribution in [0.4, 0.5) is 0 Å². The van der Waals surface area contributed by atoms with Gasteiger partial charge in [-0.3, -0.25) is 0 Å². The molecule has 0 atom stereocenters. The molecule has 0 aliphatic heterocycles. The first-order valence-corrected chi connectivity index (χ1v) is 5.55. The van der Waals surface area contributed by atoms with Crippen LogP contribution in [0.15, 0.2) is 30.5 Å². The number of nitrogens with zero attached hydrogens (tertiary/aromatic N) is 1. The highest BCUT2D eigenvalue weighted by Gasteiger charge is 2.04. The Hall–Kier alpha value is -1.39. The zero-order valence-corrected chi connectivity index (χ0v) is 9.92. The van der Waals surface area contributed by atoms with Gasteiger partial charge in [-0.15, -0.1) is 0 Å². The van der Waals surface area contributed by atoms with E-state index in [-0.39, 0.29) is 6.61 Å². The Morgan fingerprint density at radius 1 is 1.38 bits per heavy atom. The Balaban J connectivity index is 2.37. The van der Waals surface area contributed by atoms with Gasteiger partial charge in [-0.25, -0.2) is 0 Å². The van der Waals surface area contributed by atoms with Crippen molar-refractivity contribution in [3.63, 3.8) is 0 Å². The van der Waals surface area contributed by atoms with Crippen LogP contribution in [0.1, 0.15) is 16.8 Å². The molecule has 2 rings (SSSR count). The fraction of sp³-hybridized carbons (Fsp3) is 0.250. The maximum Gasteiger partial charge on any atom is 0.177 e. The predicted molar refractivity (Wildman–Crippen MR) is 65.8 cm³/mol. The molecule has 0 amide bonds. The lowest BCUT2D eigenvalue weighted by Crippen LogP contribution is -2.05. The summed E-state index contributed by atoms with van der Waals surface area (Å²) in [7, 11) is 0. The molecule has 1 aromatic carbocycles. The number of hydrogen-bond donors (Lipinski definition) is 2. The third kappa shape index (κ3) is 2.08. The lowest BCUT2D eigenvalue weighted by Gasteiger charge is -2.09. The second kappa shape index (κ2) is 4.63. The molecule has 2 aromatic rings. The standard InChI is InChI=1S/C12H14N2OS/c1-9-4-2-3-5-10(9)7-14-11(8-15)6-13-12(14)16/h2-6,15H,7-8H2,1H3,(H,13,16). The van der Waals surface area contributed by atoms with Crippen molar-refractivity contribution in [2.24, 2.45) is 0 Å². The van der Waals surface area contributed by atoms with Gasteiger partial charge in [-0.2, -0.15) is 0 Å². The van der Waals surface area contributed by atoms with Gasteiger partial charge in [0, 0.05) is 6.20 Å². The van der Waals surface area contributed by atoms with E-state index in [0.29, 0.717) is 11.3 Å². The molecule has 0 bridgehead atoms. The van der Waals surface area contributed by atoms with Gasteiger partial charge >= 0.3 is 0 Å². The fourth-order valence-electron chi connectivity index (χ4n) is 1.69. The molecule has 0 fully saturated rings. The van der Waals surface area contributed by atoms with E-state index in [4.69, 9.17) is 12.2 Å². The SMILES string of the molecule is Cc1ccccc1Cn1c(CO)c[nH]c1=S. The van der Waals surface area contributed by atoms with E-state index in [9.17, 15) is 5.11 Å². The number of H-pyrrole nitrogens is 1. The number of nitrogens with one attached hydrogen (secondary N) is 1. The maximum absolute atomic E-state index is 9.19. The Morgan fingerprint density at radius 3 is 2.81 bits per heavy atom. The van der Waals surface area contributed by atoms with E-state index >= 15 is 0 Å². The molecule has 0 radical (unpaired) electrons. The highest BCUT2D eigenvalue weighted by atomic mass is 32.1. The van der Waals surface area contributed by atoms with Gasteiger partial charge in [0.25, 0.3) is 0 Å². The first-order chi connectivity index (χ1) is 7.72. The minimum Gasteiger partial charge on any atom is -0.390 e. The first-order valence-electron chi connectivity index (χ1n) is 5.15. The van der Waals surface area contributed by atoms with Crippen molar-refractivity contribution in [1.82, 2.24) is 9.55 Å². The molecule has 16 heavy (non-hydrogen) atoms. The van der Waals surface area contributed by atoms with Crippen LogP contribution in [0.25, 0.3) is 0 Å². The second-order valence-corrected chi connectivity index (χ2v) is 4.14. The molecule has 3 nitrogen and oxygen atoms in total. The van der Waals surface area contributed by atoms with E-state index < -0.39 is 0 Å². The van der Waals surface area contributed by atoms with Crippen molar-refractivity contribution in [3.8, 4) is 0 Å². The first kappa shape index (κ1) is 11.1. The summed E-state index contributed by atoms with van der Waals surface area (Å²) >= 11 is 5.18. The molecule has 0 aliphatic rings. The minimum absolute atomic E-state index is 0.000971. The van der Waals surface area contributed by atoms with Crippen molar-refractivity contribution in [3.05, 3.63) is 52.1 Å². The molecule has 0 saturated carbocycles. The number of aromatic nitrogens is 2. The van der Waals surface area contributed by atoms with Crippen molar-refractivity contribution in [2.75, 3.05) is 0 Å². The number of benzene rings is 1. The molecular weight excluding hydrogens is 220 g/mol. The smallest absolute Gasteiger partial charge is 0.177 e. The Bertz CT molecular complexity index is 542. The van der Waals surface area contributed by atoms with Crippen LogP contribution in [0, 0.1) is 11.7 Å². The van der Waals surface area contributed by atoms with Crippen LogP contribution in [0.3, 0.4) is 0 Å². The monoisotopic (exact) mass is 234 g/mol. The Morgan fingerprint density at radius 2 is 2.12 bits per heavy atom. The van der Waals surface area contributed by atoms with Gasteiger partial charge in [0.2, 0.25) is 0 Å². The lowest BCUT2D eigenvalue weighted by atomic mass is 10.1. The topological polar surface area (TPSA) is 41.0 Å². The Kier molecular flexibility index (Phi) is 3.22. The van der Waals surface area contributed by atoms with Gasteiger partial charge in [-0.05, 0) is 30.3 Å². The number of imidazole rings is 1. The third-order valence-electron chi connectivity index (χ3n) is 2.71. The van der Waals surface area contributed by atoms with E-state index in [1.54, 1.807) is 6.20 Å². The highest BCUT2D eigenvalue weighted by Crippen LogP contribution is 2.11. The minimum atomic E-state index is -0.000971. The summed E-state index contributed by atoms with van der Waals surface area (Å²) in [6, 6.07) is 8.18. The third-order valence-corrected chi connectivity index (χ3v) is 3.04. The largest absolute Gasteiger partial charge is 0.390 e. The molecule has 1 aromatic heterocycles. The number of aliphatic hydroxyl groups is 1. The van der Waals surface area contributed by atoms with Crippen LogP contribution in [-0.4, -0.2) is 14.7 Å². The van der Waals surface area contributed by atoms with Crippen LogP contribution in [0.5, 0.6) is 0 Å². The summed E-state index contributed by atoms with van der Waals surface area (Å²) in [6.45, 7) is 2.77. The number of aryl methyl sites for hydroxylation is 1. The van der Waals surface area contributed by atoms with Crippen molar-refractivity contribution in [2.45, 2.75) is 20.1 Å². The lowest BCUT2D eigenvalue weighted by molar-refractivity contribution is 0.271. The van der Waals surface area contributed by atoms with Gasteiger partial charge < -0.3 is 14.7 Å². The molecule has 84 valence electrons. The second-order valence-electron chi connectivity index (χ2n) is 3.76. The van der Waals surface area contributed by atoms with Crippen LogP contribution in [0.2, 0.25) is 0 Å². The summed E-state index contributed by atoms with van der Waals surface area (Å²) in [6.07, 6.45) is 1.75. The van der Waals surface area contributed by atoms with Crippen molar-refractivity contribution in [1.29, 1.82) is 0 Å². The normalized spacial score (nSPS) is 10.6. The molecule has 0 unspecified atom stereocenters. The molecule has 4 heteroatoms. The molecule has 1 heterocycles. The zero-order chi connectivity index (χ0) is 11.5. The van der Waals surface area contributed by atoms with E-state index in [1.807, 2.05) is 16.7 Å². The van der Waals surface area contributed by atoms with Gasteiger partial charge in [0.05, 0.1) is 18.8 Å². The van der Waals surface area contributed by atoms with Crippen LogP contribution in [-0.2, 0) is 13.2 Å². The van der Waals surface area contributed by atoms with Crippen molar-refractivity contribution >= 4 is 12.2 Å². The summed E-state index contributed by atoms with van der Waals surface area (Å²) in [5.41, 5.74) is 3.26. The number of hydrogen-bond acceptors (Lipinski definition) is 2. The molecule has 0 spiro atoms. The summed E-state index contributed by atoms with van der Waals surface area (Å²) in [5, 5.41) is 9.19. The number of aliphatic hydroxyl groups excluding tert-OH is 1.